The van der Waals surface area contributed by atoms with Gasteiger partial charge in [-0.1, -0.05) is 84.4 Å². The van der Waals surface area contributed by atoms with E-state index in [9.17, 15) is 4.79 Å². The van der Waals surface area contributed by atoms with Crippen molar-refractivity contribution in [3.63, 3.8) is 0 Å². The first-order valence-corrected chi connectivity index (χ1v) is 7.47. The summed E-state index contributed by atoms with van der Waals surface area (Å²) < 4.78 is 0. The SMILES string of the molecule is Cc1ccc(Cc2ccccc2C(=O)c2ccccc2)cc1. The summed E-state index contributed by atoms with van der Waals surface area (Å²) in [5, 5.41) is 0. The molecule has 0 unspecified atom stereocenters. The van der Waals surface area contributed by atoms with Crippen molar-refractivity contribution in [2.45, 2.75) is 13.3 Å². The highest BCUT2D eigenvalue weighted by Gasteiger charge is 2.13. The number of rotatable bonds is 4. The van der Waals surface area contributed by atoms with Gasteiger partial charge in [-0.2, -0.15) is 0 Å². The molecular formula is C21H18O. The van der Waals surface area contributed by atoms with Gasteiger partial charge < -0.3 is 0 Å². The van der Waals surface area contributed by atoms with E-state index in [1.807, 2.05) is 54.6 Å². The van der Waals surface area contributed by atoms with Crippen molar-refractivity contribution in [3.8, 4) is 0 Å². The van der Waals surface area contributed by atoms with Crippen LogP contribution in [0.2, 0.25) is 0 Å². The van der Waals surface area contributed by atoms with Crippen LogP contribution >= 0.6 is 0 Å². The predicted octanol–water partition coefficient (Wildman–Crippen LogP) is 4.82. The van der Waals surface area contributed by atoms with Crippen LogP contribution in [0.15, 0.2) is 78.9 Å². The minimum Gasteiger partial charge on any atom is -0.289 e. The topological polar surface area (TPSA) is 17.1 Å². The van der Waals surface area contributed by atoms with E-state index < -0.39 is 0 Å². The van der Waals surface area contributed by atoms with Gasteiger partial charge in [-0.25, -0.2) is 0 Å². The molecule has 0 aromatic heterocycles. The minimum absolute atomic E-state index is 0.0864. The second-order valence-corrected chi connectivity index (χ2v) is 5.51. The number of aryl methyl sites for hydroxylation is 1. The number of ketones is 1. The molecule has 3 aromatic rings. The zero-order chi connectivity index (χ0) is 15.4. The van der Waals surface area contributed by atoms with E-state index in [2.05, 4.69) is 31.2 Å². The molecule has 22 heavy (non-hydrogen) atoms. The smallest absolute Gasteiger partial charge is 0.193 e. The molecular weight excluding hydrogens is 268 g/mol. The highest BCUT2D eigenvalue weighted by atomic mass is 16.1. The maximum absolute atomic E-state index is 12.7. The molecule has 108 valence electrons. The van der Waals surface area contributed by atoms with Crippen molar-refractivity contribution < 1.29 is 4.79 Å². The van der Waals surface area contributed by atoms with E-state index in [1.165, 1.54) is 11.1 Å². The molecule has 0 aliphatic heterocycles. The minimum atomic E-state index is 0.0864. The average Bonchev–Trinajstić information content (AvgIpc) is 2.58. The predicted molar refractivity (Wildman–Crippen MR) is 90.3 cm³/mol. The Labute approximate surface area is 131 Å². The summed E-state index contributed by atoms with van der Waals surface area (Å²) in [5.41, 5.74) is 5.06. The van der Waals surface area contributed by atoms with Crippen LogP contribution in [0.4, 0.5) is 0 Å². The Bertz CT molecular complexity index is 771. The zero-order valence-electron chi connectivity index (χ0n) is 12.6. The maximum Gasteiger partial charge on any atom is 0.193 e. The van der Waals surface area contributed by atoms with Gasteiger partial charge in [-0.05, 0) is 24.5 Å². The quantitative estimate of drug-likeness (QED) is 0.629. The Morgan fingerprint density at radius 3 is 2.14 bits per heavy atom. The third kappa shape index (κ3) is 3.15. The first kappa shape index (κ1) is 14.3. The summed E-state index contributed by atoms with van der Waals surface area (Å²) in [7, 11) is 0. The lowest BCUT2D eigenvalue weighted by molar-refractivity contribution is 0.103. The summed E-state index contributed by atoms with van der Waals surface area (Å²) in [6.07, 6.45) is 0.773. The molecule has 0 saturated heterocycles. The van der Waals surface area contributed by atoms with Crippen molar-refractivity contribution in [2.24, 2.45) is 0 Å². The van der Waals surface area contributed by atoms with Crippen LogP contribution in [0.1, 0.15) is 32.6 Å². The molecule has 0 spiro atoms. The van der Waals surface area contributed by atoms with Crippen molar-refractivity contribution in [2.75, 3.05) is 0 Å². The van der Waals surface area contributed by atoms with Gasteiger partial charge in [0.15, 0.2) is 5.78 Å². The average molecular weight is 286 g/mol. The number of carbonyl (C=O) groups excluding carboxylic acids is 1. The number of benzene rings is 3. The third-order valence-corrected chi connectivity index (χ3v) is 3.81. The number of carbonyl (C=O) groups is 1. The molecule has 1 nitrogen and oxygen atoms in total. The lowest BCUT2D eigenvalue weighted by atomic mass is 9.94. The molecule has 0 N–H and O–H groups in total. The van der Waals surface area contributed by atoms with E-state index in [1.54, 1.807) is 0 Å². The zero-order valence-corrected chi connectivity index (χ0v) is 12.6. The number of hydrogen-bond acceptors (Lipinski definition) is 1. The summed E-state index contributed by atoms with van der Waals surface area (Å²) >= 11 is 0. The highest BCUT2D eigenvalue weighted by Crippen LogP contribution is 2.18. The molecule has 0 radical (unpaired) electrons. The van der Waals surface area contributed by atoms with E-state index >= 15 is 0 Å². The van der Waals surface area contributed by atoms with Crippen LogP contribution in [-0.2, 0) is 6.42 Å². The standard InChI is InChI=1S/C21H18O/c1-16-11-13-17(14-12-16)15-19-9-5-6-10-20(19)21(22)18-7-3-2-4-8-18/h2-14H,15H2,1H3. The molecule has 3 rings (SSSR count). The first-order chi connectivity index (χ1) is 10.7. The Hall–Kier alpha value is -2.67. The molecule has 0 heterocycles. The van der Waals surface area contributed by atoms with Crippen molar-refractivity contribution in [1.29, 1.82) is 0 Å². The van der Waals surface area contributed by atoms with Gasteiger partial charge in [-0.3, -0.25) is 4.79 Å². The summed E-state index contributed by atoms with van der Waals surface area (Å²) in [6.45, 7) is 2.08. The Kier molecular flexibility index (Phi) is 4.15. The van der Waals surface area contributed by atoms with E-state index in [0.29, 0.717) is 0 Å². The van der Waals surface area contributed by atoms with Crippen LogP contribution in [0, 0.1) is 6.92 Å². The molecule has 0 aliphatic carbocycles. The van der Waals surface area contributed by atoms with Gasteiger partial charge in [0.05, 0.1) is 0 Å². The van der Waals surface area contributed by atoms with Crippen LogP contribution < -0.4 is 0 Å². The maximum atomic E-state index is 12.7. The van der Waals surface area contributed by atoms with Crippen molar-refractivity contribution in [3.05, 3.63) is 107 Å². The van der Waals surface area contributed by atoms with Gasteiger partial charge in [-0.15, -0.1) is 0 Å². The molecule has 0 amide bonds. The van der Waals surface area contributed by atoms with Crippen LogP contribution in [-0.4, -0.2) is 5.78 Å². The third-order valence-electron chi connectivity index (χ3n) is 3.81. The van der Waals surface area contributed by atoms with Gasteiger partial charge in [0.1, 0.15) is 0 Å². The van der Waals surface area contributed by atoms with Gasteiger partial charge in [0, 0.05) is 11.1 Å². The summed E-state index contributed by atoms with van der Waals surface area (Å²) in [5.74, 6) is 0.0864. The van der Waals surface area contributed by atoms with Crippen LogP contribution in [0.25, 0.3) is 0 Å². The van der Waals surface area contributed by atoms with Crippen molar-refractivity contribution in [1.82, 2.24) is 0 Å². The van der Waals surface area contributed by atoms with Gasteiger partial charge >= 0.3 is 0 Å². The fraction of sp³-hybridized carbons (Fsp3) is 0.0952. The van der Waals surface area contributed by atoms with Crippen molar-refractivity contribution >= 4 is 5.78 Å². The first-order valence-electron chi connectivity index (χ1n) is 7.47. The summed E-state index contributed by atoms with van der Waals surface area (Å²) in [4.78, 5) is 12.7. The van der Waals surface area contributed by atoms with Gasteiger partial charge in [0.2, 0.25) is 0 Å². The molecule has 0 aliphatic rings. The van der Waals surface area contributed by atoms with Gasteiger partial charge in [0.25, 0.3) is 0 Å². The molecule has 0 fully saturated rings. The molecule has 1 heteroatoms. The Morgan fingerprint density at radius 1 is 0.773 bits per heavy atom. The lowest BCUT2D eigenvalue weighted by Crippen LogP contribution is -2.05. The van der Waals surface area contributed by atoms with Crippen LogP contribution in [0.3, 0.4) is 0 Å². The number of hydrogen-bond donors (Lipinski definition) is 0. The molecule has 0 atom stereocenters. The molecule has 0 saturated carbocycles. The largest absolute Gasteiger partial charge is 0.289 e. The molecule has 3 aromatic carbocycles. The Morgan fingerprint density at radius 2 is 1.41 bits per heavy atom. The fourth-order valence-corrected chi connectivity index (χ4v) is 2.57. The summed E-state index contributed by atoms with van der Waals surface area (Å²) in [6, 6.07) is 25.8. The van der Waals surface area contributed by atoms with E-state index in [-0.39, 0.29) is 5.78 Å². The fourth-order valence-electron chi connectivity index (χ4n) is 2.57. The molecule has 0 bridgehead atoms. The highest BCUT2D eigenvalue weighted by molar-refractivity contribution is 6.09. The van der Waals surface area contributed by atoms with E-state index in [4.69, 9.17) is 0 Å². The normalized spacial score (nSPS) is 10.4. The van der Waals surface area contributed by atoms with E-state index in [0.717, 1.165) is 23.1 Å². The van der Waals surface area contributed by atoms with Crippen LogP contribution in [0.5, 0.6) is 0 Å². The lowest BCUT2D eigenvalue weighted by Gasteiger charge is -2.09. The Balaban J connectivity index is 1.93. The monoisotopic (exact) mass is 286 g/mol. The second kappa shape index (κ2) is 6.40. The second-order valence-electron chi connectivity index (χ2n) is 5.51.